The maximum absolute atomic E-state index is 12.8. The first-order valence-electron chi connectivity index (χ1n) is 10.1. The lowest BCUT2D eigenvalue weighted by atomic mass is 9.81. The van der Waals surface area contributed by atoms with Gasteiger partial charge in [0.15, 0.2) is 6.04 Å². The highest BCUT2D eigenvalue weighted by molar-refractivity contribution is 5.94. The Morgan fingerprint density at radius 3 is 2.57 bits per heavy atom. The van der Waals surface area contributed by atoms with Gasteiger partial charge >= 0.3 is 0 Å². The molecule has 3 N–H and O–H groups in total. The Morgan fingerprint density at radius 2 is 1.89 bits per heavy atom. The third kappa shape index (κ3) is 4.90. The van der Waals surface area contributed by atoms with Crippen molar-refractivity contribution in [3.05, 3.63) is 35.9 Å². The normalized spacial score (nSPS) is 27.5. The highest BCUT2D eigenvalue weighted by atomic mass is 16.4. The van der Waals surface area contributed by atoms with Crippen LogP contribution >= 0.6 is 0 Å². The summed E-state index contributed by atoms with van der Waals surface area (Å²) < 4.78 is 0. The van der Waals surface area contributed by atoms with E-state index in [-0.39, 0.29) is 36.1 Å². The molecule has 2 aliphatic rings. The summed E-state index contributed by atoms with van der Waals surface area (Å²) in [5.41, 5.74) is 6.17. The quantitative estimate of drug-likeness (QED) is 0.614. The van der Waals surface area contributed by atoms with Crippen LogP contribution in [0, 0.1) is 11.8 Å². The van der Waals surface area contributed by atoms with Gasteiger partial charge in [-0.1, -0.05) is 18.2 Å². The Hall–Kier alpha value is -2.41. The molecule has 0 bridgehead atoms. The van der Waals surface area contributed by atoms with Gasteiger partial charge in [-0.3, -0.25) is 9.59 Å². The molecule has 2 fully saturated rings. The molecule has 2 amide bonds. The number of hydrogen-bond acceptors (Lipinski definition) is 4. The number of carboxylic acids is 1. The molecule has 1 aromatic rings. The average molecular weight is 387 g/mol. The molecule has 0 spiro atoms. The number of likely N-dealkylation sites (tertiary alicyclic amines) is 2. The highest BCUT2D eigenvalue weighted by Gasteiger charge is 2.36. The molecule has 0 radical (unpaired) electrons. The van der Waals surface area contributed by atoms with E-state index in [1.54, 1.807) is 12.1 Å². The van der Waals surface area contributed by atoms with Gasteiger partial charge in [-0.15, -0.1) is 0 Å². The molecule has 7 nitrogen and oxygen atoms in total. The third-order valence-electron chi connectivity index (χ3n) is 6.29. The topological polar surface area (TPSA) is 108 Å². The fraction of sp³-hybridized carbons (Fsp3) is 0.571. The monoisotopic (exact) mass is 387 g/mol. The number of amides is 2. The van der Waals surface area contributed by atoms with Crippen molar-refractivity contribution in [3.63, 3.8) is 0 Å². The molecule has 1 unspecified atom stereocenters. The van der Waals surface area contributed by atoms with E-state index in [4.69, 9.17) is 5.73 Å². The van der Waals surface area contributed by atoms with Gasteiger partial charge in [-0.2, -0.15) is 0 Å². The minimum absolute atomic E-state index is 0.00106. The van der Waals surface area contributed by atoms with E-state index in [2.05, 4.69) is 0 Å². The van der Waals surface area contributed by atoms with Gasteiger partial charge < -0.3 is 25.4 Å². The summed E-state index contributed by atoms with van der Waals surface area (Å²) in [7, 11) is 0. The number of rotatable bonds is 7. The molecule has 7 heteroatoms. The van der Waals surface area contributed by atoms with Crippen LogP contribution in [-0.4, -0.2) is 54.9 Å². The zero-order valence-electron chi connectivity index (χ0n) is 16.1. The Labute approximate surface area is 165 Å². The number of hydrogen-bond donors (Lipinski definition) is 2. The van der Waals surface area contributed by atoms with Gasteiger partial charge in [0.2, 0.25) is 0 Å². The molecular weight excluding hydrogens is 358 g/mol. The van der Waals surface area contributed by atoms with Gasteiger partial charge in [-0.25, -0.2) is 0 Å². The van der Waals surface area contributed by atoms with Gasteiger partial charge in [0.1, 0.15) is 0 Å². The van der Waals surface area contributed by atoms with E-state index in [0.29, 0.717) is 25.1 Å². The summed E-state index contributed by atoms with van der Waals surface area (Å²) in [6.45, 7) is 2.79. The van der Waals surface area contributed by atoms with Crippen LogP contribution in [0.1, 0.15) is 42.5 Å². The molecule has 2 saturated heterocycles. The lowest BCUT2D eigenvalue weighted by molar-refractivity contribution is -0.903. The third-order valence-corrected chi connectivity index (χ3v) is 6.29. The molecule has 0 aliphatic carbocycles. The van der Waals surface area contributed by atoms with Crippen LogP contribution in [0.5, 0.6) is 0 Å². The zero-order valence-corrected chi connectivity index (χ0v) is 16.1. The van der Waals surface area contributed by atoms with E-state index in [1.807, 2.05) is 23.1 Å². The smallest absolute Gasteiger partial charge is 0.275 e. The minimum atomic E-state index is -1.04. The molecule has 28 heavy (non-hydrogen) atoms. The Balaban J connectivity index is 1.66. The summed E-state index contributed by atoms with van der Waals surface area (Å²) >= 11 is 0. The number of aliphatic carboxylic acids is 1. The average Bonchev–Trinajstić information content (AvgIpc) is 3.16. The number of quaternary nitrogens is 1. The van der Waals surface area contributed by atoms with Crippen LogP contribution in [-0.2, 0) is 9.59 Å². The van der Waals surface area contributed by atoms with Crippen molar-refractivity contribution in [2.45, 2.75) is 38.1 Å². The number of primary amides is 1. The Morgan fingerprint density at radius 1 is 1.14 bits per heavy atom. The molecule has 1 aromatic carbocycles. The van der Waals surface area contributed by atoms with Crippen molar-refractivity contribution in [1.82, 2.24) is 4.90 Å². The molecule has 2 heterocycles. The number of nitrogens with two attached hydrogens (primary N) is 1. The number of nitrogens with zero attached hydrogens (tertiary/aromatic N) is 1. The van der Waals surface area contributed by atoms with Crippen molar-refractivity contribution in [1.29, 1.82) is 0 Å². The molecule has 2 aliphatic heterocycles. The van der Waals surface area contributed by atoms with Crippen molar-refractivity contribution in [2.75, 3.05) is 26.2 Å². The zero-order chi connectivity index (χ0) is 20.1. The van der Waals surface area contributed by atoms with Crippen LogP contribution in [0.3, 0.4) is 0 Å². The van der Waals surface area contributed by atoms with Crippen LogP contribution in [0.4, 0.5) is 0 Å². The summed E-state index contributed by atoms with van der Waals surface area (Å²) in [5, 5.41) is 11.2. The van der Waals surface area contributed by atoms with E-state index in [1.165, 1.54) is 4.90 Å². The van der Waals surface area contributed by atoms with Crippen molar-refractivity contribution in [2.24, 2.45) is 17.6 Å². The van der Waals surface area contributed by atoms with Gasteiger partial charge in [0.25, 0.3) is 11.8 Å². The fourth-order valence-corrected chi connectivity index (χ4v) is 4.76. The lowest BCUT2D eigenvalue weighted by Gasteiger charge is -2.39. The predicted octanol–water partition coefficient (Wildman–Crippen LogP) is -1.17. The van der Waals surface area contributed by atoms with Crippen LogP contribution < -0.4 is 15.7 Å². The largest absolute Gasteiger partial charge is 0.550 e. The van der Waals surface area contributed by atoms with Crippen LogP contribution in [0.2, 0.25) is 0 Å². The first-order valence-corrected chi connectivity index (χ1v) is 10.1. The second kappa shape index (κ2) is 9.19. The summed E-state index contributed by atoms with van der Waals surface area (Å²) in [6, 6.07) is 9.01. The molecule has 4 atom stereocenters. The molecule has 152 valence electrons. The molecular formula is C21H29N3O4. The number of carbonyl (C=O) groups excluding carboxylic acids is 3. The maximum Gasteiger partial charge on any atom is 0.275 e. The Kier molecular flexibility index (Phi) is 6.67. The molecule has 0 saturated carbocycles. The van der Waals surface area contributed by atoms with Crippen molar-refractivity contribution < 1.29 is 24.4 Å². The summed E-state index contributed by atoms with van der Waals surface area (Å²) in [4.78, 5) is 38.7. The first-order chi connectivity index (χ1) is 13.5. The highest BCUT2D eigenvalue weighted by Crippen LogP contribution is 2.29. The van der Waals surface area contributed by atoms with E-state index in [0.717, 1.165) is 32.4 Å². The van der Waals surface area contributed by atoms with E-state index >= 15 is 0 Å². The maximum atomic E-state index is 12.8. The second-order valence-electron chi connectivity index (χ2n) is 8.05. The summed E-state index contributed by atoms with van der Waals surface area (Å²) in [5.74, 6) is -1.23. The second-order valence-corrected chi connectivity index (χ2v) is 8.05. The SMILES string of the molecule is NC(=O)[C@@H]1CCC[NH+]1CC[C@H]1CN(C(=O)c2ccccc2)CC[C@H]1CC(=O)[O-]. The van der Waals surface area contributed by atoms with Gasteiger partial charge in [-0.05, 0) is 36.8 Å². The van der Waals surface area contributed by atoms with Crippen molar-refractivity contribution >= 4 is 17.8 Å². The standard InChI is InChI=1S/C21H29N3O4/c22-20(27)18-7-4-10-23(18)11-9-17-14-24(12-8-16(17)13-19(25)26)21(28)15-5-2-1-3-6-15/h1-3,5-6,16-18H,4,7-14H2,(H2,22,27)(H,25,26)/t16-,17-,18-/m0/s1. The number of nitrogens with one attached hydrogen (secondary N) is 1. The van der Waals surface area contributed by atoms with E-state index in [9.17, 15) is 19.5 Å². The number of carboxylic acid groups (broad SMARTS) is 1. The minimum Gasteiger partial charge on any atom is -0.550 e. The van der Waals surface area contributed by atoms with Crippen LogP contribution in [0.25, 0.3) is 0 Å². The van der Waals surface area contributed by atoms with Gasteiger partial charge in [0.05, 0.1) is 13.1 Å². The lowest BCUT2D eigenvalue weighted by Crippen LogP contribution is -3.15. The molecule has 3 rings (SSSR count). The number of benzene rings is 1. The summed E-state index contributed by atoms with van der Waals surface area (Å²) in [6.07, 6.45) is 3.25. The molecule has 0 aromatic heterocycles. The fourth-order valence-electron chi connectivity index (χ4n) is 4.76. The van der Waals surface area contributed by atoms with E-state index < -0.39 is 5.97 Å². The number of carbonyl (C=O) groups is 3. The van der Waals surface area contributed by atoms with Crippen LogP contribution in [0.15, 0.2) is 30.3 Å². The van der Waals surface area contributed by atoms with Crippen molar-refractivity contribution in [3.8, 4) is 0 Å². The number of piperidine rings is 1. The predicted molar refractivity (Wildman–Crippen MR) is 101 cm³/mol. The van der Waals surface area contributed by atoms with Gasteiger partial charge in [0, 0.05) is 43.9 Å². The first kappa shape index (κ1) is 20.3. The Bertz CT molecular complexity index is 709.